The molecule has 100 valence electrons. The summed E-state index contributed by atoms with van der Waals surface area (Å²) >= 11 is 5.82. The molecule has 0 saturated carbocycles. The van der Waals surface area contributed by atoms with Gasteiger partial charge in [0.05, 0.1) is 12.7 Å². The summed E-state index contributed by atoms with van der Waals surface area (Å²) in [6.07, 6.45) is -1.12. The average molecular weight is 285 g/mol. The predicted octanol–water partition coefficient (Wildman–Crippen LogP) is 3.55. The van der Waals surface area contributed by atoms with Crippen molar-refractivity contribution in [3.63, 3.8) is 0 Å². The van der Waals surface area contributed by atoms with Crippen molar-refractivity contribution in [3.8, 4) is 0 Å². The summed E-state index contributed by atoms with van der Waals surface area (Å²) < 4.78 is 24.3. The molecule has 2 N–H and O–H groups in total. The lowest BCUT2D eigenvalue weighted by molar-refractivity contribution is 0.163. The molecule has 2 aromatic rings. The third kappa shape index (κ3) is 4.03. The Balaban J connectivity index is 2.12. The Hall–Kier alpha value is -1.95. The Morgan fingerprint density at radius 1 is 1.21 bits per heavy atom. The molecule has 0 aliphatic heterocycles. The highest BCUT2D eigenvalue weighted by Gasteiger charge is 2.08. The molecule has 1 aromatic heterocycles. The SMILES string of the molecule is FC(F)CNc1nc(Nc2ccccc2)ncc1Cl. The van der Waals surface area contributed by atoms with Crippen LogP contribution in [0.5, 0.6) is 0 Å². The molecule has 0 unspecified atom stereocenters. The van der Waals surface area contributed by atoms with Crippen molar-refractivity contribution in [2.24, 2.45) is 0 Å². The number of rotatable bonds is 5. The van der Waals surface area contributed by atoms with E-state index < -0.39 is 13.0 Å². The van der Waals surface area contributed by atoms with E-state index in [4.69, 9.17) is 11.6 Å². The fourth-order valence-electron chi connectivity index (χ4n) is 1.38. The van der Waals surface area contributed by atoms with E-state index in [0.717, 1.165) is 5.69 Å². The number of halogens is 3. The summed E-state index contributed by atoms with van der Waals surface area (Å²) in [5.41, 5.74) is 0.796. The van der Waals surface area contributed by atoms with Crippen molar-refractivity contribution in [2.45, 2.75) is 6.43 Å². The van der Waals surface area contributed by atoms with Gasteiger partial charge in [0.25, 0.3) is 6.43 Å². The second-order valence-corrected chi connectivity index (χ2v) is 4.06. The van der Waals surface area contributed by atoms with Crippen LogP contribution in [0.15, 0.2) is 36.5 Å². The Bertz CT molecular complexity index is 537. The third-order valence-corrected chi connectivity index (χ3v) is 2.47. The summed E-state index contributed by atoms with van der Waals surface area (Å²) in [5.74, 6) is 0.461. The standard InChI is InChI=1S/C12H11ClF2N4/c13-9-6-17-12(18-8-4-2-1-3-5-8)19-11(9)16-7-10(14)15/h1-6,10H,7H2,(H2,16,17,18,19). The van der Waals surface area contributed by atoms with Crippen LogP contribution >= 0.6 is 11.6 Å². The molecule has 0 atom stereocenters. The van der Waals surface area contributed by atoms with E-state index in [1.807, 2.05) is 30.3 Å². The van der Waals surface area contributed by atoms with Gasteiger partial charge in [0, 0.05) is 5.69 Å². The van der Waals surface area contributed by atoms with Crippen LogP contribution in [0, 0.1) is 0 Å². The molecule has 0 bridgehead atoms. The molecule has 0 saturated heterocycles. The lowest BCUT2D eigenvalue weighted by atomic mass is 10.3. The highest BCUT2D eigenvalue weighted by atomic mass is 35.5. The number of anilines is 3. The van der Waals surface area contributed by atoms with Gasteiger partial charge in [-0.05, 0) is 12.1 Å². The van der Waals surface area contributed by atoms with Crippen molar-refractivity contribution < 1.29 is 8.78 Å². The molecule has 4 nitrogen and oxygen atoms in total. The predicted molar refractivity (Wildman–Crippen MR) is 71.3 cm³/mol. The molecule has 1 heterocycles. The molecule has 2 rings (SSSR count). The molecule has 0 aliphatic rings. The van der Waals surface area contributed by atoms with Crippen LogP contribution < -0.4 is 10.6 Å². The Labute approximate surface area is 113 Å². The monoisotopic (exact) mass is 284 g/mol. The van der Waals surface area contributed by atoms with Gasteiger partial charge in [-0.2, -0.15) is 4.98 Å². The van der Waals surface area contributed by atoms with Crippen LogP contribution in [-0.2, 0) is 0 Å². The highest BCUT2D eigenvalue weighted by molar-refractivity contribution is 6.32. The lowest BCUT2D eigenvalue weighted by Gasteiger charge is -2.09. The van der Waals surface area contributed by atoms with Crippen LogP contribution in [0.25, 0.3) is 0 Å². The van der Waals surface area contributed by atoms with Crippen LogP contribution in [0.4, 0.5) is 26.2 Å². The first-order valence-electron chi connectivity index (χ1n) is 5.52. The van der Waals surface area contributed by atoms with Gasteiger partial charge in [-0.15, -0.1) is 0 Å². The fraction of sp³-hybridized carbons (Fsp3) is 0.167. The van der Waals surface area contributed by atoms with Gasteiger partial charge in [0.1, 0.15) is 5.02 Å². The zero-order valence-corrected chi connectivity index (χ0v) is 10.5. The molecule has 19 heavy (non-hydrogen) atoms. The number of nitrogens with one attached hydrogen (secondary N) is 2. The summed E-state index contributed by atoms with van der Waals surface area (Å²) in [7, 11) is 0. The van der Waals surface area contributed by atoms with Gasteiger partial charge in [-0.3, -0.25) is 0 Å². The fourth-order valence-corrected chi connectivity index (χ4v) is 1.53. The summed E-state index contributed by atoms with van der Waals surface area (Å²) in [4.78, 5) is 8.02. The number of hydrogen-bond acceptors (Lipinski definition) is 4. The van der Waals surface area contributed by atoms with E-state index in [1.54, 1.807) is 0 Å². The molecule has 0 spiro atoms. The molecule has 0 fully saturated rings. The van der Waals surface area contributed by atoms with Gasteiger partial charge in [0.15, 0.2) is 5.82 Å². The van der Waals surface area contributed by atoms with E-state index in [0.29, 0.717) is 0 Å². The van der Waals surface area contributed by atoms with E-state index >= 15 is 0 Å². The van der Waals surface area contributed by atoms with Gasteiger partial charge in [-0.1, -0.05) is 29.8 Å². The number of aromatic nitrogens is 2. The number of benzene rings is 1. The summed E-state index contributed by atoms with van der Waals surface area (Å²) in [6, 6.07) is 9.26. The largest absolute Gasteiger partial charge is 0.363 e. The quantitative estimate of drug-likeness (QED) is 0.881. The summed E-state index contributed by atoms with van der Waals surface area (Å²) in [6.45, 7) is -0.512. The smallest absolute Gasteiger partial charge is 0.255 e. The van der Waals surface area contributed by atoms with E-state index in [1.165, 1.54) is 6.20 Å². The first kappa shape index (κ1) is 13.5. The Kier molecular flexibility index (Phi) is 4.46. The van der Waals surface area contributed by atoms with E-state index in [9.17, 15) is 8.78 Å². The maximum Gasteiger partial charge on any atom is 0.255 e. The van der Waals surface area contributed by atoms with Crippen molar-refractivity contribution in [1.82, 2.24) is 9.97 Å². The number of para-hydroxylation sites is 1. The average Bonchev–Trinajstić information content (AvgIpc) is 2.40. The van der Waals surface area contributed by atoms with E-state index in [-0.39, 0.29) is 16.8 Å². The molecular formula is C12H11ClF2N4. The third-order valence-electron chi connectivity index (χ3n) is 2.20. The number of nitrogens with zero attached hydrogens (tertiary/aromatic N) is 2. The van der Waals surface area contributed by atoms with Crippen molar-refractivity contribution in [1.29, 1.82) is 0 Å². The van der Waals surface area contributed by atoms with Crippen molar-refractivity contribution >= 4 is 29.1 Å². The Morgan fingerprint density at radius 2 is 1.95 bits per heavy atom. The zero-order valence-electron chi connectivity index (χ0n) is 9.78. The first-order valence-corrected chi connectivity index (χ1v) is 5.89. The van der Waals surface area contributed by atoms with Gasteiger partial charge in [0.2, 0.25) is 5.95 Å². The number of alkyl halides is 2. The molecule has 0 radical (unpaired) electrons. The molecule has 0 aliphatic carbocycles. The van der Waals surface area contributed by atoms with Crippen molar-refractivity contribution in [3.05, 3.63) is 41.6 Å². The van der Waals surface area contributed by atoms with Gasteiger partial charge < -0.3 is 10.6 Å². The van der Waals surface area contributed by atoms with E-state index in [2.05, 4.69) is 20.6 Å². The summed E-state index contributed by atoms with van der Waals surface area (Å²) in [5, 5.41) is 5.61. The first-order chi connectivity index (χ1) is 9.15. The molecule has 0 amide bonds. The minimum absolute atomic E-state index is 0.176. The normalized spacial score (nSPS) is 10.5. The van der Waals surface area contributed by atoms with Crippen LogP contribution in [0.2, 0.25) is 5.02 Å². The second kappa shape index (κ2) is 6.29. The minimum Gasteiger partial charge on any atom is -0.363 e. The maximum absolute atomic E-state index is 12.1. The minimum atomic E-state index is -2.48. The van der Waals surface area contributed by atoms with Crippen molar-refractivity contribution in [2.75, 3.05) is 17.2 Å². The maximum atomic E-state index is 12.1. The topological polar surface area (TPSA) is 49.8 Å². The molecular weight excluding hydrogens is 274 g/mol. The molecule has 7 heteroatoms. The molecule has 1 aromatic carbocycles. The Morgan fingerprint density at radius 3 is 2.63 bits per heavy atom. The van der Waals surface area contributed by atoms with Gasteiger partial charge in [-0.25, -0.2) is 13.8 Å². The zero-order chi connectivity index (χ0) is 13.7. The van der Waals surface area contributed by atoms with Gasteiger partial charge >= 0.3 is 0 Å². The van der Waals surface area contributed by atoms with Crippen LogP contribution in [-0.4, -0.2) is 22.9 Å². The van der Waals surface area contributed by atoms with Crippen LogP contribution in [0.1, 0.15) is 0 Å². The highest BCUT2D eigenvalue weighted by Crippen LogP contribution is 2.21. The lowest BCUT2D eigenvalue weighted by Crippen LogP contribution is -2.12. The van der Waals surface area contributed by atoms with Crippen LogP contribution in [0.3, 0.4) is 0 Å². The second-order valence-electron chi connectivity index (χ2n) is 3.65. The number of hydrogen-bond donors (Lipinski definition) is 2.